The number of nitrogens with two attached hydrogens (primary N) is 2. The summed E-state index contributed by atoms with van der Waals surface area (Å²) in [5.74, 6) is -1.38. The fourth-order valence-electron chi connectivity index (χ4n) is 1.53. The van der Waals surface area contributed by atoms with Gasteiger partial charge in [-0.15, -0.1) is 0 Å². The zero-order valence-corrected chi connectivity index (χ0v) is 9.17. The summed E-state index contributed by atoms with van der Waals surface area (Å²) in [6.07, 6.45) is 1.06. The Bertz CT molecular complexity index is 358. The minimum atomic E-state index is -0.730. The average Bonchev–Trinajstić information content (AvgIpc) is 2.26. The molecule has 0 aliphatic rings. The highest BCUT2D eigenvalue weighted by atomic mass is 19.1. The highest BCUT2D eigenvalue weighted by Gasteiger charge is 2.19. The van der Waals surface area contributed by atoms with Gasteiger partial charge in [0.1, 0.15) is 5.82 Å². The van der Waals surface area contributed by atoms with Crippen LogP contribution in [-0.2, 0) is 0 Å². The van der Waals surface area contributed by atoms with E-state index in [0.717, 1.165) is 6.07 Å². The minimum absolute atomic E-state index is 0.000372. The molecule has 4 N–H and O–H groups in total. The van der Waals surface area contributed by atoms with E-state index in [1.165, 1.54) is 13.2 Å². The van der Waals surface area contributed by atoms with E-state index in [4.69, 9.17) is 16.2 Å². The van der Waals surface area contributed by atoms with Crippen LogP contribution >= 0.6 is 0 Å². The van der Waals surface area contributed by atoms with Crippen LogP contribution in [0.25, 0.3) is 0 Å². The number of rotatable bonds is 5. The first-order valence-electron chi connectivity index (χ1n) is 5.09. The normalized spacial score (nSPS) is 12.6. The second-order valence-electron chi connectivity index (χ2n) is 3.51. The summed E-state index contributed by atoms with van der Waals surface area (Å²) >= 11 is 0. The van der Waals surface area contributed by atoms with Crippen molar-refractivity contribution in [2.75, 3.05) is 13.7 Å². The van der Waals surface area contributed by atoms with E-state index >= 15 is 0 Å². The maximum Gasteiger partial charge on any atom is 0.172 e. The molecule has 0 aromatic heterocycles. The second kappa shape index (κ2) is 5.77. The maximum atomic E-state index is 13.7. The Hall–Kier alpha value is -1.20. The van der Waals surface area contributed by atoms with Crippen LogP contribution in [0.1, 0.15) is 24.4 Å². The van der Waals surface area contributed by atoms with Crippen molar-refractivity contribution >= 4 is 0 Å². The van der Waals surface area contributed by atoms with E-state index in [1.807, 2.05) is 0 Å². The summed E-state index contributed by atoms with van der Waals surface area (Å²) < 4.78 is 31.9. The Labute approximate surface area is 93.4 Å². The van der Waals surface area contributed by atoms with Gasteiger partial charge in [-0.1, -0.05) is 0 Å². The van der Waals surface area contributed by atoms with Crippen molar-refractivity contribution in [3.05, 3.63) is 29.3 Å². The zero-order valence-electron chi connectivity index (χ0n) is 9.17. The van der Waals surface area contributed by atoms with Crippen LogP contribution in [0.4, 0.5) is 8.78 Å². The van der Waals surface area contributed by atoms with Crippen LogP contribution in [-0.4, -0.2) is 13.7 Å². The molecular formula is C11H16F2N2O. The first-order chi connectivity index (χ1) is 7.61. The quantitative estimate of drug-likeness (QED) is 0.809. The van der Waals surface area contributed by atoms with Gasteiger partial charge in [-0.05, 0) is 31.5 Å². The van der Waals surface area contributed by atoms with Gasteiger partial charge in [-0.25, -0.2) is 8.78 Å². The maximum absolute atomic E-state index is 13.7. The lowest BCUT2D eigenvalue weighted by molar-refractivity contribution is 0.376. The van der Waals surface area contributed by atoms with Crippen molar-refractivity contribution in [2.24, 2.45) is 11.5 Å². The fraction of sp³-hybridized carbons (Fsp3) is 0.455. The molecule has 0 spiro atoms. The summed E-state index contributed by atoms with van der Waals surface area (Å²) in [7, 11) is 1.32. The van der Waals surface area contributed by atoms with Gasteiger partial charge in [0.2, 0.25) is 0 Å². The Morgan fingerprint density at radius 1 is 1.38 bits per heavy atom. The topological polar surface area (TPSA) is 61.3 Å². The highest BCUT2D eigenvalue weighted by molar-refractivity contribution is 5.34. The highest BCUT2D eigenvalue weighted by Crippen LogP contribution is 2.28. The van der Waals surface area contributed by atoms with E-state index < -0.39 is 17.7 Å². The molecule has 1 atom stereocenters. The monoisotopic (exact) mass is 230 g/mol. The third-order valence-corrected chi connectivity index (χ3v) is 2.40. The van der Waals surface area contributed by atoms with Gasteiger partial charge in [0.15, 0.2) is 11.6 Å². The Balaban J connectivity index is 3.01. The van der Waals surface area contributed by atoms with Crippen molar-refractivity contribution < 1.29 is 13.5 Å². The molecule has 0 aliphatic carbocycles. The van der Waals surface area contributed by atoms with E-state index in [1.54, 1.807) is 0 Å². The van der Waals surface area contributed by atoms with Gasteiger partial charge in [0, 0.05) is 11.6 Å². The molecule has 90 valence electrons. The minimum Gasteiger partial charge on any atom is -0.494 e. The predicted octanol–water partition coefficient (Wildman–Crippen LogP) is 1.71. The molecule has 0 amide bonds. The molecule has 0 fully saturated rings. The SMILES string of the molecule is COc1ccc(F)c([C@@H](N)CCCN)c1F. The third kappa shape index (κ3) is 2.68. The lowest BCUT2D eigenvalue weighted by Gasteiger charge is -2.15. The summed E-state index contributed by atoms with van der Waals surface area (Å²) in [4.78, 5) is 0. The molecule has 3 nitrogen and oxygen atoms in total. The van der Waals surface area contributed by atoms with Crippen molar-refractivity contribution in [1.29, 1.82) is 0 Å². The molecule has 0 heterocycles. The van der Waals surface area contributed by atoms with Gasteiger partial charge in [-0.3, -0.25) is 0 Å². The molecule has 0 saturated heterocycles. The van der Waals surface area contributed by atoms with Gasteiger partial charge >= 0.3 is 0 Å². The Morgan fingerprint density at radius 2 is 2.06 bits per heavy atom. The van der Waals surface area contributed by atoms with Crippen LogP contribution in [0, 0.1) is 11.6 Å². The molecule has 1 aromatic rings. The second-order valence-corrected chi connectivity index (χ2v) is 3.51. The Morgan fingerprint density at radius 3 is 2.62 bits per heavy atom. The summed E-state index contributed by atoms with van der Waals surface area (Å²) in [5, 5.41) is 0. The number of ether oxygens (including phenoxy) is 1. The lowest BCUT2D eigenvalue weighted by Crippen LogP contribution is -2.16. The van der Waals surface area contributed by atoms with Crippen LogP contribution in [0.5, 0.6) is 5.75 Å². The van der Waals surface area contributed by atoms with Crippen molar-refractivity contribution in [2.45, 2.75) is 18.9 Å². The number of methoxy groups -OCH3 is 1. The van der Waals surface area contributed by atoms with Crippen LogP contribution < -0.4 is 16.2 Å². The molecule has 0 saturated carbocycles. The fourth-order valence-corrected chi connectivity index (χ4v) is 1.53. The lowest BCUT2D eigenvalue weighted by atomic mass is 10.0. The average molecular weight is 230 g/mol. The summed E-state index contributed by atoms with van der Waals surface area (Å²) in [6, 6.07) is 1.70. The van der Waals surface area contributed by atoms with Crippen LogP contribution in [0.2, 0.25) is 0 Å². The number of hydrogen-bond acceptors (Lipinski definition) is 3. The van der Waals surface area contributed by atoms with E-state index in [2.05, 4.69) is 0 Å². The van der Waals surface area contributed by atoms with Crippen LogP contribution in [0.3, 0.4) is 0 Å². The number of benzene rings is 1. The molecule has 16 heavy (non-hydrogen) atoms. The van der Waals surface area contributed by atoms with Gasteiger partial charge < -0.3 is 16.2 Å². The van der Waals surface area contributed by atoms with Gasteiger partial charge in [0.05, 0.1) is 7.11 Å². The molecule has 5 heteroatoms. The molecule has 0 radical (unpaired) electrons. The molecule has 1 rings (SSSR count). The first kappa shape index (κ1) is 12.9. The summed E-state index contributed by atoms with van der Waals surface area (Å²) in [6.45, 7) is 0.445. The molecule has 1 aromatic carbocycles. The number of halogens is 2. The van der Waals surface area contributed by atoms with Gasteiger partial charge in [0.25, 0.3) is 0 Å². The smallest absolute Gasteiger partial charge is 0.172 e. The standard InChI is InChI=1S/C11H16F2N2O/c1-16-9-5-4-7(12)10(11(9)13)8(15)3-2-6-14/h4-5,8H,2-3,6,14-15H2,1H3/t8-/m0/s1. The summed E-state index contributed by atoms with van der Waals surface area (Å²) in [5.41, 5.74) is 10.9. The van der Waals surface area contributed by atoms with Crippen molar-refractivity contribution in [1.82, 2.24) is 0 Å². The molecule has 0 unspecified atom stereocenters. The molecule has 0 bridgehead atoms. The van der Waals surface area contributed by atoms with Crippen molar-refractivity contribution in [3.8, 4) is 5.75 Å². The zero-order chi connectivity index (χ0) is 12.1. The first-order valence-corrected chi connectivity index (χ1v) is 5.09. The Kier molecular flexibility index (Phi) is 4.64. The largest absolute Gasteiger partial charge is 0.494 e. The predicted molar refractivity (Wildman–Crippen MR) is 58.1 cm³/mol. The third-order valence-electron chi connectivity index (χ3n) is 2.40. The van der Waals surface area contributed by atoms with E-state index in [-0.39, 0.29) is 11.3 Å². The van der Waals surface area contributed by atoms with E-state index in [0.29, 0.717) is 19.4 Å². The van der Waals surface area contributed by atoms with Crippen molar-refractivity contribution in [3.63, 3.8) is 0 Å². The van der Waals surface area contributed by atoms with E-state index in [9.17, 15) is 8.78 Å². The van der Waals surface area contributed by atoms with Crippen LogP contribution in [0.15, 0.2) is 12.1 Å². The molecular weight excluding hydrogens is 214 g/mol. The number of hydrogen-bond donors (Lipinski definition) is 2. The molecule has 0 aliphatic heterocycles. The van der Waals surface area contributed by atoms with Gasteiger partial charge in [-0.2, -0.15) is 0 Å².